The number of halogens is 3. The number of nitrogens with two attached hydrogens (primary N) is 1. The molecule has 0 saturated carbocycles. The summed E-state index contributed by atoms with van der Waals surface area (Å²) in [7, 11) is 2.58. The molecular formula is C12H11F3N2O3. The zero-order chi connectivity index (χ0) is 14.9. The van der Waals surface area contributed by atoms with Gasteiger partial charge >= 0.3 is 6.18 Å². The molecule has 0 aliphatic carbocycles. The van der Waals surface area contributed by atoms with Crippen molar-refractivity contribution in [3.05, 3.63) is 23.9 Å². The molecular weight excluding hydrogens is 277 g/mol. The highest BCUT2D eigenvalue weighted by atomic mass is 19.4. The van der Waals surface area contributed by atoms with Crippen molar-refractivity contribution in [3.8, 4) is 22.6 Å². The van der Waals surface area contributed by atoms with Gasteiger partial charge in [-0.2, -0.15) is 13.2 Å². The summed E-state index contributed by atoms with van der Waals surface area (Å²) in [6.07, 6.45) is -3.47. The number of hydrogen-bond acceptors (Lipinski definition) is 5. The minimum absolute atomic E-state index is 0.0291. The summed E-state index contributed by atoms with van der Waals surface area (Å²) in [6, 6.07) is 2.03. The molecule has 0 bridgehead atoms. The molecule has 20 heavy (non-hydrogen) atoms. The van der Waals surface area contributed by atoms with E-state index in [1.807, 2.05) is 0 Å². The van der Waals surface area contributed by atoms with Gasteiger partial charge in [0.05, 0.1) is 31.5 Å². The van der Waals surface area contributed by atoms with Crippen LogP contribution in [0.4, 0.5) is 19.1 Å². The molecule has 1 aromatic carbocycles. The van der Waals surface area contributed by atoms with Crippen LogP contribution in [0.25, 0.3) is 11.1 Å². The second kappa shape index (κ2) is 4.95. The maximum Gasteiger partial charge on any atom is 0.417 e. The molecule has 0 fully saturated rings. The Labute approximate surface area is 112 Å². The van der Waals surface area contributed by atoms with E-state index in [1.165, 1.54) is 20.3 Å². The number of alkyl halides is 3. The highest BCUT2D eigenvalue weighted by molar-refractivity contribution is 5.77. The van der Waals surface area contributed by atoms with Gasteiger partial charge in [0.1, 0.15) is 0 Å². The number of hydrogen-bond donors (Lipinski definition) is 1. The average Bonchev–Trinajstić information content (AvgIpc) is 2.82. The van der Waals surface area contributed by atoms with Crippen molar-refractivity contribution in [2.24, 2.45) is 0 Å². The van der Waals surface area contributed by atoms with Gasteiger partial charge in [-0.05, 0) is 12.1 Å². The molecule has 2 aromatic rings. The van der Waals surface area contributed by atoms with Gasteiger partial charge in [-0.3, -0.25) is 0 Å². The summed E-state index contributed by atoms with van der Waals surface area (Å²) in [5, 5.41) is 3.38. The third kappa shape index (κ3) is 2.36. The van der Waals surface area contributed by atoms with E-state index in [0.29, 0.717) is 0 Å². The van der Waals surface area contributed by atoms with Crippen LogP contribution in [0.3, 0.4) is 0 Å². The first-order chi connectivity index (χ1) is 9.38. The lowest BCUT2D eigenvalue weighted by Gasteiger charge is -2.16. The highest BCUT2D eigenvalue weighted by Gasteiger charge is 2.36. The molecule has 0 atom stereocenters. The van der Waals surface area contributed by atoms with Crippen molar-refractivity contribution in [3.63, 3.8) is 0 Å². The van der Waals surface area contributed by atoms with Crippen LogP contribution in [0.1, 0.15) is 5.56 Å². The predicted octanol–water partition coefficient (Wildman–Crippen LogP) is 2.96. The van der Waals surface area contributed by atoms with E-state index in [1.54, 1.807) is 0 Å². The van der Waals surface area contributed by atoms with Gasteiger partial charge in [0, 0.05) is 5.56 Å². The van der Waals surface area contributed by atoms with E-state index in [-0.39, 0.29) is 28.5 Å². The third-order valence-electron chi connectivity index (χ3n) is 2.72. The van der Waals surface area contributed by atoms with Crippen LogP contribution >= 0.6 is 0 Å². The quantitative estimate of drug-likeness (QED) is 0.940. The fraction of sp³-hybridized carbons (Fsp3) is 0.250. The number of ether oxygens (including phenoxy) is 2. The molecule has 0 saturated heterocycles. The predicted molar refractivity (Wildman–Crippen MR) is 64.5 cm³/mol. The SMILES string of the molecule is COc1cc(-c2cnoc2N)c(C(F)(F)F)cc1OC. The van der Waals surface area contributed by atoms with Crippen LogP contribution in [0.2, 0.25) is 0 Å². The third-order valence-corrected chi connectivity index (χ3v) is 2.72. The number of methoxy groups -OCH3 is 2. The molecule has 1 heterocycles. The summed E-state index contributed by atoms with van der Waals surface area (Å²) < 4.78 is 53.9. The maximum atomic E-state index is 13.1. The minimum Gasteiger partial charge on any atom is -0.493 e. The van der Waals surface area contributed by atoms with Crippen molar-refractivity contribution in [2.75, 3.05) is 20.0 Å². The first-order valence-corrected chi connectivity index (χ1v) is 5.42. The van der Waals surface area contributed by atoms with Crippen LogP contribution in [-0.2, 0) is 6.18 Å². The number of nitrogen functional groups attached to an aromatic ring is 1. The van der Waals surface area contributed by atoms with E-state index in [0.717, 1.165) is 12.3 Å². The summed E-state index contributed by atoms with van der Waals surface area (Å²) in [6.45, 7) is 0. The van der Waals surface area contributed by atoms with Crippen molar-refractivity contribution in [2.45, 2.75) is 6.18 Å². The van der Waals surface area contributed by atoms with E-state index >= 15 is 0 Å². The Balaban J connectivity index is 2.74. The lowest BCUT2D eigenvalue weighted by atomic mass is 10.0. The molecule has 0 aliphatic rings. The van der Waals surface area contributed by atoms with E-state index in [4.69, 9.17) is 15.2 Å². The van der Waals surface area contributed by atoms with Gasteiger partial charge < -0.3 is 19.7 Å². The highest BCUT2D eigenvalue weighted by Crippen LogP contribution is 2.44. The second-order valence-electron chi connectivity index (χ2n) is 3.85. The molecule has 0 spiro atoms. The fourth-order valence-electron chi connectivity index (χ4n) is 1.79. The fourth-order valence-corrected chi connectivity index (χ4v) is 1.79. The van der Waals surface area contributed by atoms with Crippen molar-refractivity contribution < 1.29 is 27.2 Å². The zero-order valence-corrected chi connectivity index (χ0v) is 10.6. The van der Waals surface area contributed by atoms with Crippen molar-refractivity contribution in [1.29, 1.82) is 0 Å². The largest absolute Gasteiger partial charge is 0.493 e. The van der Waals surface area contributed by atoms with Gasteiger partial charge in [-0.1, -0.05) is 5.16 Å². The van der Waals surface area contributed by atoms with Gasteiger partial charge in [0.25, 0.3) is 0 Å². The summed E-state index contributed by atoms with van der Waals surface area (Å²) in [5.41, 5.74) is 4.42. The number of rotatable bonds is 3. The molecule has 2 N–H and O–H groups in total. The van der Waals surface area contributed by atoms with Gasteiger partial charge in [-0.25, -0.2) is 0 Å². The molecule has 0 radical (unpaired) electrons. The number of aromatic nitrogens is 1. The zero-order valence-electron chi connectivity index (χ0n) is 10.6. The Hall–Kier alpha value is -2.38. The minimum atomic E-state index is -4.58. The molecule has 2 rings (SSSR count). The Bertz CT molecular complexity index is 623. The van der Waals surface area contributed by atoms with E-state index in [2.05, 4.69) is 9.68 Å². The van der Waals surface area contributed by atoms with Crippen LogP contribution < -0.4 is 15.2 Å². The maximum absolute atomic E-state index is 13.1. The lowest BCUT2D eigenvalue weighted by molar-refractivity contribution is -0.137. The number of nitrogens with zero attached hydrogens (tertiary/aromatic N) is 1. The Morgan fingerprint density at radius 2 is 1.70 bits per heavy atom. The molecule has 5 nitrogen and oxygen atoms in total. The van der Waals surface area contributed by atoms with Gasteiger partial charge in [0.15, 0.2) is 11.5 Å². The van der Waals surface area contributed by atoms with Crippen molar-refractivity contribution in [1.82, 2.24) is 5.16 Å². The molecule has 108 valence electrons. The van der Waals surface area contributed by atoms with Gasteiger partial charge in [0.2, 0.25) is 5.88 Å². The molecule has 0 amide bonds. The standard InChI is InChI=1S/C12H11F3N2O3/c1-18-9-3-6(7-5-17-20-11(7)16)8(12(13,14)15)4-10(9)19-2/h3-5H,16H2,1-2H3. The summed E-state index contributed by atoms with van der Waals surface area (Å²) in [4.78, 5) is 0. The number of anilines is 1. The van der Waals surface area contributed by atoms with Crippen LogP contribution in [0.15, 0.2) is 22.9 Å². The first-order valence-electron chi connectivity index (χ1n) is 5.42. The smallest absolute Gasteiger partial charge is 0.417 e. The Morgan fingerprint density at radius 3 is 2.15 bits per heavy atom. The molecule has 0 aliphatic heterocycles. The first kappa shape index (κ1) is 14.0. The lowest BCUT2D eigenvalue weighted by Crippen LogP contribution is -2.08. The van der Waals surface area contributed by atoms with Crippen LogP contribution in [-0.4, -0.2) is 19.4 Å². The molecule has 0 unspecified atom stereocenters. The number of benzene rings is 1. The van der Waals surface area contributed by atoms with Crippen LogP contribution in [0, 0.1) is 0 Å². The second-order valence-corrected chi connectivity index (χ2v) is 3.85. The molecule has 8 heteroatoms. The topological polar surface area (TPSA) is 70.5 Å². The average molecular weight is 288 g/mol. The van der Waals surface area contributed by atoms with Crippen LogP contribution in [0.5, 0.6) is 11.5 Å². The summed E-state index contributed by atoms with van der Waals surface area (Å²) in [5.74, 6) is -0.0857. The molecule has 1 aromatic heterocycles. The Morgan fingerprint density at radius 1 is 1.10 bits per heavy atom. The monoisotopic (exact) mass is 288 g/mol. The van der Waals surface area contributed by atoms with E-state index in [9.17, 15) is 13.2 Å². The van der Waals surface area contributed by atoms with Gasteiger partial charge in [-0.15, -0.1) is 0 Å². The van der Waals surface area contributed by atoms with E-state index < -0.39 is 11.7 Å². The summed E-state index contributed by atoms with van der Waals surface area (Å²) >= 11 is 0. The normalized spacial score (nSPS) is 11.4. The van der Waals surface area contributed by atoms with Crippen molar-refractivity contribution >= 4 is 5.88 Å². The Kier molecular flexibility index (Phi) is 3.47.